The first kappa shape index (κ1) is 24.7. The number of ether oxygens (including phenoxy) is 2. The van der Waals surface area contributed by atoms with Gasteiger partial charge in [0.15, 0.2) is 0 Å². The van der Waals surface area contributed by atoms with Gasteiger partial charge in [0.05, 0.1) is 17.1 Å². The topological polar surface area (TPSA) is 44.8 Å². The molecule has 6 heteroatoms. The molecule has 0 aliphatic heterocycles. The van der Waals surface area contributed by atoms with Gasteiger partial charge in [0.2, 0.25) is 0 Å². The summed E-state index contributed by atoms with van der Waals surface area (Å²) in [6.07, 6.45) is 0.256. The third-order valence-corrected chi connectivity index (χ3v) is 12.5. The van der Waals surface area contributed by atoms with Crippen molar-refractivity contribution in [3.8, 4) is 17.2 Å². The van der Waals surface area contributed by atoms with Crippen LogP contribution in [0.25, 0.3) is 0 Å². The van der Waals surface area contributed by atoms with Crippen molar-refractivity contribution >= 4 is 36.9 Å². The number of benzene rings is 2. The van der Waals surface area contributed by atoms with Crippen LogP contribution in [0.4, 0.5) is 0 Å². The predicted octanol–water partition coefficient (Wildman–Crippen LogP) is 7.35. The Labute approximate surface area is 195 Å². The summed E-state index contributed by atoms with van der Waals surface area (Å²) < 4.78 is 18.4. The van der Waals surface area contributed by atoms with Gasteiger partial charge in [-0.05, 0) is 81.2 Å². The summed E-state index contributed by atoms with van der Waals surface area (Å²) in [7, 11) is -0.575. The highest BCUT2D eigenvalue weighted by molar-refractivity contribution is 14.1. The standard InChI is InChI=1S/C24H33IO4Si/c1-16(2)30(17(3)4,18(5)6)29-21-11-9-20(10-12-21)28-23-13-8-19(14-22(23)25)15-24(26)27-7/h8-14,16-18H,15H2,1-7H3. The minimum Gasteiger partial charge on any atom is -0.543 e. The number of carbonyl (C=O) groups excluding carboxylic acids is 1. The fourth-order valence-corrected chi connectivity index (χ4v) is 10.2. The van der Waals surface area contributed by atoms with E-state index in [2.05, 4.69) is 64.1 Å². The van der Waals surface area contributed by atoms with E-state index >= 15 is 0 Å². The molecule has 0 N–H and O–H groups in total. The summed E-state index contributed by atoms with van der Waals surface area (Å²) in [6.45, 7) is 13.7. The van der Waals surface area contributed by atoms with Crippen molar-refractivity contribution in [1.82, 2.24) is 0 Å². The monoisotopic (exact) mass is 540 g/mol. The van der Waals surface area contributed by atoms with Crippen molar-refractivity contribution in [3.63, 3.8) is 0 Å². The summed E-state index contributed by atoms with van der Waals surface area (Å²) in [5, 5.41) is 0. The van der Waals surface area contributed by atoms with Crippen LogP contribution in [-0.2, 0) is 16.0 Å². The van der Waals surface area contributed by atoms with Crippen LogP contribution in [0.2, 0.25) is 16.6 Å². The normalized spacial score (nSPS) is 11.8. The summed E-state index contributed by atoms with van der Waals surface area (Å²) in [6, 6.07) is 13.6. The minimum atomic E-state index is -1.97. The average Bonchev–Trinajstić information content (AvgIpc) is 2.68. The van der Waals surface area contributed by atoms with Gasteiger partial charge >= 0.3 is 5.97 Å². The molecule has 30 heavy (non-hydrogen) atoms. The molecule has 164 valence electrons. The molecule has 2 aromatic rings. The van der Waals surface area contributed by atoms with Crippen LogP contribution in [0.15, 0.2) is 42.5 Å². The highest BCUT2D eigenvalue weighted by atomic mass is 127. The number of esters is 1. The first-order chi connectivity index (χ1) is 14.1. The van der Waals surface area contributed by atoms with Gasteiger partial charge in [-0.15, -0.1) is 0 Å². The Hall–Kier alpha value is -1.54. The lowest BCUT2D eigenvalue weighted by molar-refractivity contribution is -0.139. The molecule has 2 aromatic carbocycles. The van der Waals surface area contributed by atoms with Crippen LogP contribution in [0, 0.1) is 3.57 Å². The highest BCUT2D eigenvalue weighted by Crippen LogP contribution is 2.43. The van der Waals surface area contributed by atoms with E-state index in [9.17, 15) is 4.79 Å². The highest BCUT2D eigenvalue weighted by Gasteiger charge is 2.46. The lowest BCUT2D eigenvalue weighted by Crippen LogP contribution is -2.50. The Morgan fingerprint density at radius 3 is 1.90 bits per heavy atom. The second-order valence-electron chi connectivity index (χ2n) is 8.51. The molecule has 0 spiro atoms. The molecular weight excluding hydrogens is 507 g/mol. The van der Waals surface area contributed by atoms with Crippen LogP contribution >= 0.6 is 22.6 Å². The Kier molecular flexibility index (Phi) is 8.79. The van der Waals surface area contributed by atoms with Crippen LogP contribution in [0.3, 0.4) is 0 Å². The summed E-state index contributed by atoms with van der Waals surface area (Å²) >= 11 is 2.22. The fraction of sp³-hybridized carbons (Fsp3) is 0.458. The SMILES string of the molecule is COC(=O)Cc1ccc(Oc2ccc(O[Si](C(C)C)(C(C)C)C(C)C)cc2)c(I)c1. The molecule has 0 saturated heterocycles. The van der Waals surface area contributed by atoms with E-state index < -0.39 is 8.32 Å². The van der Waals surface area contributed by atoms with Gasteiger partial charge in [0, 0.05) is 0 Å². The summed E-state index contributed by atoms with van der Waals surface area (Å²) in [5.74, 6) is 2.17. The van der Waals surface area contributed by atoms with E-state index in [0.29, 0.717) is 16.6 Å². The number of rotatable bonds is 9. The zero-order valence-corrected chi connectivity index (χ0v) is 22.1. The fourth-order valence-electron chi connectivity index (χ4n) is 4.24. The lowest BCUT2D eigenvalue weighted by atomic mass is 10.1. The molecule has 0 aromatic heterocycles. The Morgan fingerprint density at radius 2 is 1.43 bits per heavy atom. The maximum Gasteiger partial charge on any atom is 0.309 e. The van der Waals surface area contributed by atoms with E-state index in [1.165, 1.54) is 7.11 Å². The van der Waals surface area contributed by atoms with E-state index in [-0.39, 0.29) is 12.4 Å². The number of halogens is 1. The molecule has 0 bridgehead atoms. The molecule has 0 unspecified atom stereocenters. The zero-order chi connectivity index (χ0) is 22.5. The molecule has 0 aliphatic rings. The second-order valence-corrected chi connectivity index (χ2v) is 15.0. The maximum atomic E-state index is 11.5. The van der Waals surface area contributed by atoms with Gasteiger partial charge in [-0.25, -0.2) is 0 Å². The van der Waals surface area contributed by atoms with Gasteiger partial charge in [0.1, 0.15) is 17.2 Å². The van der Waals surface area contributed by atoms with Gasteiger partial charge in [-0.3, -0.25) is 4.79 Å². The molecule has 0 saturated carbocycles. The molecule has 2 rings (SSSR count). The van der Waals surface area contributed by atoms with E-state index in [1.807, 2.05) is 42.5 Å². The van der Waals surface area contributed by atoms with Crippen molar-refractivity contribution in [3.05, 3.63) is 51.6 Å². The van der Waals surface area contributed by atoms with Gasteiger partial charge in [-0.2, -0.15) is 0 Å². The Balaban J connectivity index is 2.15. The number of hydrogen-bond donors (Lipinski definition) is 0. The van der Waals surface area contributed by atoms with E-state index in [0.717, 1.165) is 26.4 Å². The van der Waals surface area contributed by atoms with Crippen molar-refractivity contribution in [2.75, 3.05) is 7.11 Å². The summed E-state index contributed by atoms with van der Waals surface area (Å²) in [4.78, 5) is 11.5. The molecule has 0 aliphatic carbocycles. The molecule has 0 fully saturated rings. The second kappa shape index (κ2) is 10.7. The summed E-state index contributed by atoms with van der Waals surface area (Å²) in [5.41, 5.74) is 2.48. The number of hydrogen-bond acceptors (Lipinski definition) is 4. The van der Waals surface area contributed by atoms with Gasteiger partial charge in [0.25, 0.3) is 8.32 Å². The van der Waals surface area contributed by atoms with Crippen molar-refractivity contribution in [2.24, 2.45) is 0 Å². The lowest BCUT2D eigenvalue weighted by Gasteiger charge is -2.42. The van der Waals surface area contributed by atoms with Gasteiger partial charge < -0.3 is 13.9 Å². The molecule has 0 heterocycles. The predicted molar refractivity (Wildman–Crippen MR) is 133 cm³/mol. The molecule has 4 nitrogen and oxygen atoms in total. The van der Waals surface area contributed by atoms with Gasteiger partial charge in [-0.1, -0.05) is 47.6 Å². The van der Waals surface area contributed by atoms with E-state index in [4.69, 9.17) is 13.9 Å². The van der Waals surface area contributed by atoms with E-state index in [1.54, 1.807) is 0 Å². The number of carbonyl (C=O) groups is 1. The maximum absolute atomic E-state index is 11.5. The van der Waals surface area contributed by atoms with Crippen LogP contribution in [0.1, 0.15) is 47.1 Å². The molecular formula is C24H33IO4Si. The first-order valence-electron chi connectivity index (χ1n) is 10.4. The molecule has 0 amide bonds. The van der Waals surface area contributed by atoms with Crippen molar-refractivity contribution < 1.29 is 18.7 Å². The van der Waals surface area contributed by atoms with Crippen LogP contribution in [0.5, 0.6) is 17.2 Å². The third-order valence-electron chi connectivity index (χ3n) is 5.63. The molecule has 0 atom stereocenters. The Morgan fingerprint density at radius 1 is 0.900 bits per heavy atom. The van der Waals surface area contributed by atoms with Crippen molar-refractivity contribution in [1.29, 1.82) is 0 Å². The van der Waals surface area contributed by atoms with Crippen LogP contribution < -0.4 is 9.16 Å². The third kappa shape index (κ3) is 5.78. The number of methoxy groups -OCH3 is 1. The van der Waals surface area contributed by atoms with Crippen molar-refractivity contribution in [2.45, 2.75) is 64.6 Å². The average molecular weight is 541 g/mol. The van der Waals surface area contributed by atoms with Crippen LogP contribution in [-0.4, -0.2) is 21.4 Å². The quantitative estimate of drug-likeness (QED) is 0.190. The largest absolute Gasteiger partial charge is 0.543 e. The first-order valence-corrected chi connectivity index (χ1v) is 13.6. The zero-order valence-electron chi connectivity index (χ0n) is 19.0. The smallest absolute Gasteiger partial charge is 0.309 e. The Bertz CT molecular complexity index is 825. The minimum absolute atomic E-state index is 0.251. The molecule has 0 radical (unpaired) electrons.